The van der Waals surface area contributed by atoms with Crippen molar-refractivity contribution >= 4 is 22.7 Å². The van der Waals surface area contributed by atoms with Gasteiger partial charge in [0.05, 0.1) is 14.2 Å². The van der Waals surface area contributed by atoms with Crippen LogP contribution in [0.1, 0.15) is 22.5 Å². The molecule has 1 aliphatic rings. The van der Waals surface area contributed by atoms with Crippen molar-refractivity contribution < 1.29 is 19.1 Å². The molecular formula is C25H30N4O4. The van der Waals surface area contributed by atoms with Crippen molar-refractivity contribution in [2.75, 3.05) is 46.9 Å². The Morgan fingerprint density at radius 2 is 1.67 bits per heavy atom. The van der Waals surface area contributed by atoms with E-state index in [-0.39, 0.29) is 18.2 Å². The zero-order chi connectivity index (χ0) is 23.2. The Hall–Kier alpha value is -3.52. The molecule has 0 bridgehead atoms. The van der Waals surface area contributed by atoms with Gasteiger partial charge in [0, 0.05) is 62.7 Å². The number of aromatic amines is 1. The Balaban J connectivity index is 1.24. The molecule has 0 saturated carbocycles. The number of benzene rings is 2. The maximum Gasteiger partial charge on any atom is 0.267 e. The number of H-pyrrole nitrogens is 1. The summed E-state index contributed by atoms with van der Waals surface area (Å²) in [5.41, 5.74) is 2.50. The number of amides is 2. The van der Waals surface area contributed by atoms with E-state index in [1.807, 2.05) is 29.2 Å². The molecule has 3 aromatic rings. The highest BCUT2D eigenvalue weighted by molar-refractivity contribution is 5.98. The Morgan fingerprint density at radius 3 is 2.36 bits per heavy atom. The molecule has 2 amide bonds. The van der Waals surface area contributed by atoms with E-state index in [0.29, 0.717) is 36.8 Å². The first kappa shape index (κ1) is 22.7. The molecule has 8 heteroatoms. The highest BCUT2D eigenvalue weighted by atomic mass is 16.5. The lowest BCUT2D eigenvalue weighted by Gasteiger charge is -2.34. The van der Waals surface area contributed by atoms with Gasteiger partial charge in [0.1, 0.15) is 5.69 Å². The molecule has 1 aliphatic heterocycles. The molecule has 0 unspecified atom stereocenters. The predicted octanol–water partition coefficient (Wildman–Crippen LogP) is 2.65. The van der Waals surface area contributed by atoms with Gasteiger partial charge < -0.3 is 24.7 Å². The van der Waals surface area contributed by atoms with Crippen LogP contribution in [0.4, 0.5) is 0 Å². The summed E-state index contributed by atoms with van der Waals surface area (Å²) in [6, 6.07) is 15.8. The second kappa shape index (κ2) is 10.4. The summed E-state index contributed by atoms with van der Waals surface area (Å²) in [5, 5.41) is 3.69. The number of carbonyl (C=O) groups is 2. The van der Waals surface area contributed by atoms with Crippen molar-refractivity contribution in [2.24, 2.45) is 0 Å². The van der Waals surface area contributed by atoms with E-state index in [2.05, 4.69) is 27.3 Å². The second-order valence-electron chi connectivity index (χ2n) is 8.13. The van der Waals surface area contributed by atoms with Crippen LogP contribution in [-0.2, 0) is 11.3 Å². The monoisotopic (exact) mass is 450 g/mol. The molecule has 0 spiro atoms. The molecule has 2 N–H and O–H groups in total. The van der Waals surface area contributed by atoms with Gasteiger partial charge in [-0.15, -0.1) is 0 Å². The van der Waals surface area contributed by atoms with Crippen LogP contribution in [0.2, 0.25) is 0 Å². The van der Waals surface area contributed by atoms with E-state index < -0.39 is 0 Å². The van der Waals surface area contributed by atoms with Crippen LogP contribution in [0.5, 0.6) is 11.5 Å². The molecule has 0 radical (unpaired) electrons. The van der Waals surface area contributed by atoms with E-state index in [1.54, 1.807) is 26.4 Å². The normalized spacial score (nSPS) is 14.3. The molecule has 174 valence electrons. The Kier molecular flexibility index (Phi) is 7.14. The van der Waals surface area contributed by atoms with Crippen LogP contribution in [0.15, 0.2) is 48.5 Å². The number of hydrogen-bond donors (Lipinski definition) is 2. The van der Waals surface area contributed by atoms with Crippen LogP contribution in [0.25, 0.3) is 10.9 Å². The first-order valence-electron chi connectivity index (χ1n) is 11.1. The smallest absolute Gasteiger partial charge is 0.267 e. The molecule has 1 saturated heterocycles. The second-order valence-corrected chi connectivity index (χ2v) is 8.13. The van der Waals surface area contributed by atoms with E-state index in [4.69, 9.17) is 9.47 Å². The van der Waals surface area contributed by atoms with Gasteiger partial charge in [0.15, 0.2) is 11.5 Å². The fraction of sp³-hybridized carbons (Fsp3) is 0.360. The summed E-state index contributed by atoms with van der Waals surface area (Å²) in [4.78, 5) is 32.5. The zero-order valence-electron chi connectivity index (χ0n) is 19.1. The Morgan fingerprint density at radius 1 is 0.970 bits per heavy atom. The Labute approximate surface area is 193 Å². The van der Waals surface area contributed by atoms with Gasteiger partial charge in [0.2, 0.25) is 5.91 Å². The molecule has 2 heterocycles. The first-order chi connectivity index (χ1) is 16.1. The van der Waals surface area contributed by atoms with E-state index in [9.17, 15) is 9.59 Å². The first-order valence-corrected chi connectivity index (χ1v) is 11.1. The van der Waals surface area contributed by atoms with Gasteiger partial charge in [-0.3, -0.25) is 14.5 Å². The molecule has 1 aromatic heterocycles. The third-order valence-corrected chi connectivity index (χ3v) is 5.97. The van der Waals surface area contributed by atoms with Gasteiger partial charge >= 0.3 is 0 Å². The van der Waals surface area contributed by atoms with Crippen molar-refractivity contribution in [1.82, 2.24) is 20.1 Å². The number of fused-ring (bicyclic) bond motifs is 1. The lowest BCUT2D eigenvalue weighted by Crippen LogP contribution is -2.48. The topological polar surface area (TPSA) is 86.9 Å². The minimum atomic E-state index is -0.246. The number of nitrogens with one attached hydrogen (secondary N) is 2. The minimum Gasteiger partial charge on any atom is -0.493 e. The average Bonchev–Trinajstić information content (AvgIpc) is 3.27. The number of piperazine rings is 1. The zero-order valence-corrected chi connectivity index (χ0v) is 19.1. The standard InChI is InChI=1S/C25H30N4O4/c1-32-22-15-19-14-21(27-20(19)16-23(22)33-2)25(31)26-9-8-24(30)29-12-10-28(11-13-29)17-18-6-4-3-5-7-18/h3-7,14-16,27H,8-13,17H2,1-2H3,(H,26,31). The lowest BCUT2D eigenvalue weighted by atomic mass is 10.2. The fourth-order valence-electron chi connectivity index (χ4n) is 4.11. The maximum atomic E-state index is 12.6. The number of carbonyl (C=O) groups excluding carboxylic acids is 2. The number of ether oxygens (including phenoxy) is 2. The van der Waals surface area contributed by atoms with E-state index in [1.165, 1.54) is 5.56 Å². The van der Waals surface area contributed by atoms with E-state index >= 15 is 0 Å². The van der Waals surface area contributed by atoms with Crippen molar-refractivity contribution in [3.8, 4) is 11.5 Å². The predicted molar refractivity (Wildman–Crippen MR) is 127 cm³/mol. The summed E-state index contributed by atoms with van der Waals surface area (Å²) in [7, 11) is 3.14. The quantitative estimate of drug-likeness (QED) is 0.551. The van der Waals surface area contributed by atoms with Crippen LogP contribution in [0.3, 0.4) is 0 Å². The number of aromatic nitrogens is 1. The summed E-state index contributed by atoms with van der Waals surface area (Å²) in [6.07, 6.45) is 0.284. The van der Waals surface area contributed by atoms with E-state index in [0.717, 1.165) is 30.5 Å². The maximum absolute atomic E-state index is 12.6. The summed E-state index contributed by atoms with van der Waals surface area (Å²) < 4.78 is 10.6. The third-order valence-electron chi connectivity index (χ3n) is 5.97. The molecule has 2 aromatic carbocycles. The Bertz CT molecular complexity index is 1060. The van der Waals surface area contributed by atoms with Gasteiger partial charge in [-0.1, -0.05) is 30.3 Å². The van der Waals surface area contributed by atoms with Gasteiger partial charge in [-0.2, -0.15) is 0 Å². The average molecular weight is 451 g/mol. The van der Waals surface area contributed by atoms with Gasteiger partial charge in [-0.05, 0) is 17.7 Å². The molecule has 1 fully saturated rings. The molecular weight excluding hydrogens is 420 g/mol. The van der Waals surface area contributed by atoms with Gasteiger partial charge in [0.25, 0.3) is 5.91 Å². The highest BCUT2D eigenvalue weighted by Crippen LogP contribution is 2.32. The van der Waals surface area contributed by atoms with Crippen molar-refractivity contribution in [3.63, 3.8) is 0 Å². The van der Waals surface area contributed by atoms with Crippen molar-refractivity contribution in [2.45, 2.75) is 13.0 Å². The molecule has 4 rings (SSSR count). The van der Waals surface area contributed by atoms with Crippen LogP contribution in [0, 0.1) is 0 Å². The SMILES string of the molecule is COc1cc2cc(C(=O)NCCC(=O)N3CCN(Cc4ccccc4)CC3)[nH]c2cc1OC. The van der Waals surface area contributed by atoms with Crippen LogP contribution < -0.4 is 14.8 Å². The van der Waals surface area contributed by atoms with Crippen molar-refractivity contribution in [1.29, 1.82) is 0 Å². The number of methoxy groups -OCH3 is 2. The molecule has 0 aliphatic carbocycles. The lowest BCUT2D eigenvalue weighted by molar-refractivity contribution is -0.132. The minimum absolute atomic E-state index is 0.0702. The molecule has 0 atom stereocenters. The fourth-order valence-corrected chi connectivity index (χ4v) is 4.11. The van der Waals surface area contributed by atoms with Crippen molar-refractivity contribution in [3.05, 3.63) is 59.8 Å². The number of rotatable bonds is 8. The summed E-state index contributed by atoms with van der Waals surface area (Å²) in [6.45, 7) is 4.34. The summed E-state index contributed by atoms with van der Waals surface area (Å²) >= 11 is 0. The molecule has 33 heavy (non-hydrogen) atoms. The highest BCUT2D eigenvalue weighted by Gasteiger charge is 2.21. The number of hydrogen-bond acceptors (Lipinski definition) is 5. The van der Waals surface area contributed by atoms with Gasteiger partial charge in [-0.25, -0.2) is 0 Å². The van der Waals surface area contributed by atoms with Crippen LogP contribution >= 0.6 is 0 Å². The molecule has 8 nitrogen and oxygen atoms in total. The third kappa shape index (κ3) is 5.46. The number of nitrogens with zero attached hydrogens (tertiary/aromatic N) is 2. The summed E-state index contributed by atoms with van der Waals surface area (Å²) in [5.74, 6) is 1.02. The van der Waals surface area contributed by atoms with Crippen LogP contribution in [-0.4, -0.2) is 73.5 Å². The largest absolute Gasteiger partial charge is 0.493 e.